The van der Waals surface area contributed by atoms with Gasteiger partial charge in [0.1, 0.15) is 18.0 Å². The monoisotopic (exact) mass is 409 g/mol. The van der Waals surface area contributed by atoms with E-state index in [2.05, 4.69) is 16.3 Å². The summed E-state index contributed by atoms with van der Waals surface area (Å²) in [5.74, 6) is 1.21. The minimum Gasteiger partial charge on any atom is -0.496 e. The van der Waals surface area contributed by atoms with Gasteiger partial charge in [-0.3, -0.25) is 19.4 Å². The number of carbonyl (C=O) groups excluding carboxylic acids is 2. The lowest BCUT2D eigenvalue weighted by molar-refractivity contribution is -0.125. The highest BCUT2D eigenvalue weighted by Gasteiger charge is 2.28. The van der Waals surface area contributed by atoms with Crippen LogP contribution < -0.4 is 19.7 Å². The summed E-state index contributed by atoms with van der Waals surface area (Å²) in [5.41, 5.74) is 1.82. The number of nitrogens with zero attached hydrogens (tertiary/aromatic N) is 2. The molecule has 4 rings (SSSR count). The standard InChI is InChI=1S/C23H27N3O4/c1-29-20-8-4-2-6-17(20)14-25-12-10-18(11-13-25)24-22(27)15-26-19-7-3-5-9-21(19)30-16-23(26)28/h2-9,18H,10-16H2,1H3,(H,24,27). The van der Waals surface area contributed by atoms with Crippen molar-refractivity contribution in [3.63, 3.8) is 0 Å². The molecule has 0 radical (unpaired) electrons. The lowest BCUT2D eigenvalue weighted by atomic mass is 10.0. The number of carbonyl (C=O) groups is 2. The molecule has 2 aromatic rings. The largest absolute Gasteiger partial charge is 0.496 e. The van der Waals surface area contributed by atoms with Crippen molar-refractivity contribution >= 4 is 17.5 Å². The van der Waals surface area contributed by atoms with Crippen molar-refractivity contribution in [2.45, 2.75) is 25.4 Å². The van der Waals surface area contributed by atoms with Gasteiger partial charge in [0.2, 0.25) is 5.91 Å². The van der Waals surface area contributed by atoms with Crippen molar-refractivity contribution < 1.29 is 19.1 Å². The number of likely N-dealkylation sites (tertiary alicyclic amines) is 1. The highest BCUT2D eigenvalue weighted by atomic mass is 16.5. The fourth-order valence-electron chi connectivity index (χ4n) is 4.05. The summed E-state index contributed by atoms with van der Waals surface area (Å²) in [6.45, 7) is 2.63. The van der Waals surface area contributed by atoms with Crippen molar-refractivity contribution in [3.8, 4) is 11.5 Å². The number of ether oxygens (including phenoxy) is 2. The van der Waals surface area contributed by atoms with E-state index in [1.807, 2.05) is 36.4 Å². The van der Waals surface area contributed by atoms with E-state index >= 15 is 0 Å². The van der Waals surface area contributed by atoms with Gasteiger partial charge in [0.25, 0.3) is 5.91 Å². The Morgan fingerprint density at radius 2 is 1.87 bits per heavy atom. The Hall–Kier alpha value is -3.06. The average molecular weight is 409 g/mol. The molecule has 7 heteroatoms. The van der Waals surface area contributed by atoms with Crippen LogP contribution >= 0.6 is 0 Å². The van der Waals surface area contributed by atoms with Gasteiger partial charge in [0.05, 0.1) is 12.8 Å². The predicted molar refractivity (Wildman–Crippen MR) is 114 cm³/mol. The molecule has 0 aromatic heterocycles. The Balaban J connectivity index is 1.28. The van der Waals surface area contributed by atoms with E-state index in [-0.39, 0.29) is 31.0 Å². The van der Waals surface area contributed by atoms with Gasteiger partial charge in [0.15, 0.2) is 6.61 Å². The first-order chi connectivity index (χ1) is 14.6. The van der Waals surface area contributed by atoms with E-state index < -0.39 is 0 Å². The van der Waals surface area contributed by atoms with Crippen LogP contribution in [0.3, 0.4) is 0 Å². The maximum atomic E-state index is 12.6. The van der Waals surface area contributed by atoms with Gasteiger partial charge in [0, 0.05) is 31.2 Å². The van der Waals surface area contributed by atoms with Crippen molar-refractivity contribution in [3.05, 3.63) is 54.1 Å². The van der Waals surface area contributed by atoms with Gasteiger partial charge in [-0.2, -0.15) is 0 Å². The van der Waals surface area contributed by atoms with Crippen LogP contribution in [0.15, 0.2) is 48.5 Å². The number of hydrogen-bond donors (Lipinski definition) is 1. The van der Waals surface area contributed by atoms with Crippen molar-refractivity contribution in [2.24, 2.45) is 0 Å². The van der Waals surface area contributed by atoms with Crippen LogP contribution in [0.1, 0.15) is 18.4 Å². The van der Waals surface area contributed by atoms with Crippen LogP contribution in [0.2, 0.25) is 0 Å². The molecule has 1 N–H and O–H groups in total. The Morgan fingerprint density at radius 1 is 1.13 bits per heavy atom. The van der Waals surface area contributed by atoms with Crippen LogP contribution in [-0.2, 0) is 16.1 Å². The van der Waals surface area contributed by atoms with Crippen LogP contribution in [0.25, 0.3) is 0 Å². The first-order valence-electron chi connectivity index (χ1n) is 10.3. The van der Waals surface area contributed by atoms with Crippen LogP contribution in [-0.4, -0.2) is 56.1 Å². The zero-order valence-corrected chi connectivity index (χ0v) is 17.2. The summed E-state index contributed by atoms with van der Waals surface area (Å²) < 4.78 is 10.9. The number of piperidine rings is 1. The molecule has 0 spiro atoms. The molecule has 2 aliphatic rings. The predicted octanol–water partition coefficient (Wildman–Crippen LogP) is 2.20. The smallest absolute Gasteiger partial charge is 0.265 e. The van der Waals surface area contributed by atoms with Gasteiger partial charge in [-0.05, 0) is 31.0 Å². The third kappa shape index (κ3) is 4.57. The maximum Gasteiger partial charge on any atom is 0.265 e. The van der Waals surface area contributed by atoms with Crippen LogP contribution in [0.4, 0.5) is 5.69 Å². The van der Waals surface area contributed by atoms with E-state index in [4.69, 9.17) is 9.47 Å². The topological polar surface area (TPSA) is 71.1 Å². The third-order valence-electron chi connectivity index (χ3n) is 5.65. The number of methoxy groups -OCH3 is 1. The first-order valence-corrected chi connectivity index (χ1v) is 10.3. The molecule has 7 nitrogen and oxygen atoms in total. The van der Waals surface area contributed by atoms with Gasteiger partial charge in [-0.25, -0.2) is 0 Å². The zero-order chi connectivity index (χ0) is 20.9. The molecule has 0 aliphatic carbocycles. The second-order valence-electron chi connectivity index (χ2n) is 7.67. The molecule has 30 heavy (non-hydrogen) atoms. The minimum absolute atomic E-state index is 0.0145. The van der Waals surface area contributed by atoms with Gasteiger partial charge in [-0.15, -0.1) is 0 Å². The molecule has 2 heterocycles. The second-order valence-corrected chi connectivity index (χ2v) is 7.67. The molecular formula is C23H27N3O4. The van der Waals surface area contributed by atoms with E-state index in [0.717, 1.165) is 38.2 Å². The highest BCUT2D eigenvalue weighted by molar-refractivity contribution is 6.02. The summed E-state index contributed by atoms with van der Waals surface area (Å²) in [7, 11) is 1.69. The molecule has 2 aliphatic heterocycles. The number of anilines is 1. The second kappa shape index (κ2) is 9.17. The maximum absolute atomic E-state index is 12.6. The molecule has 0 bridgehead atoms. The number of para-hydroxylation sites is 3. The summed E-state index contributed by atoms with van der Waals surface area (Å²) in [6, 6.07) is 15.5. The van der Waals surface area contributed by atoms with Crippen molar-refractivity contribution in [1.29, 1.82) is 0 Å². The minimum atomic E-state index is -0.199. The summed E-state index contributed by atoms with van der Waals surface area (Å²) in [5, 5.41) is 3.10. The van der Waals surface area contributed by atoms with Crippen molar-refractivity contribution in [1.82, 2.24) is 10.2 Å². The fraction of sp³-hybridized carbons (Fsp3) is 0.391. The van der Waals surface area contributed by atoms with Gasteiger partial charge >= 0.3 is 0 Å². The lowest BCUT2D eigenvalue weighted by Gasteiger charge is -2.33. The van der Waals surface area contributed by atoms with Crippen LogP contribution in [0, 0.1) is 0 Å². The van der Waals surface area contributed by atoms with E-state index in [1.54, 1.807) is 13.2 Å². The lowest BCUT2D eigenvalue weighted by Crippen LogP contribution is -2.49. The number of amides is 2. The quantitative estimate of drug-likeness (QED) is 0.792. The zero-order valence-electron chi connectivity index (χ0n) is 17.2. The number of hydrogen-bond acceptors (Lipinski definition) is 5. The molecule has 2 amide bonds. The van der Waals surface area contributed by atoms with E-state index in [1.165, 1.54) is 10.5 Å². The average Bonchev–Trinajstić information content (AvgIpc) is 2.77. The van der Waals surface area contributed by atoms with Crippen LogP contribution in [0.5, 0.6) is 11.5 Å². The number of rotatable bonds is 6. The number of nitrogens with one attached hydrogen (secondary N) is 1. The molecule has 0 atom stereocenters. The number of fused-ring (bicyclic) bond motifs is 1. The summed E-state index contributed by atoms with van der Waals surface area (Å²) in [6.07, 6.45) is 1.77. The SMILES string of the molecule is COc1ccccc1CN1CCC(NC(=O)CN2C(=O)COc3ccccc32)CC1. The summed E-state index contributed by atoms with van der Waals surface area (Å²) in [4.78, 5) is 28.8. The molecule has 0 saturated carbocycles. The molecular weight excluding hydrogens is 382 g/mol. The Bertz CT molecular complexity index is 909. The highest BCUT2D eigenvalue weighted by Crippen LogP contribution is 2.31. The summed E-state index contributed by atoms with van der Waals surface area (Å²) >= 11 is 0. The van der Waals surface area contributed by atoms with E-state index in [9.17, 15) is 9.59 Å². The molecule has 2 aromatic carbocycles. The van der Waals surface area contributed by atoms with Gasteiger partial charge < -0.3 is 14.8 Å². The Morgan fingerprint density at radius 3 is 2.67 bits per heavy atom. The third-order valence-corrected chi connectivity index (χ3v) is 5.65. The van der Waals surface area contributed by atoms with E-state index in [0.29, 0.717) is 11.4 Å². The molecule has 1 fully saturated rings. The molecule has 158 valence electrons. The molecule has 0 unspecified atom stereocenters. The Kier molecular flexibility index (Phi) is 6.18. The first kappa shape index (κ1) is 20.2. The number of benzene rings is 2. The fourth-order valence-corrected chi connectivity index (χ4v) is 4.05. The van der Waals surface area contributed by atoms with Gasteiger partial charge in [-0.1, -0.05) is 30.3 Å². The Labute approximate surface area is 176 Å². The molecule has 1 saturated heterocycles. The van der Waals surface area contributed by atoms with Crippen molar-refractivity contribution in [2.75, 3.05) is 38.3 Å². The normalized spacial score (nSPS) is 17.2.